The first-order chi connectivity index (χ1) is 9.65. The van der Waals surface area contributed by atoms with E-state index in [-0.39, 0.29) is 19.1 Å². The molecule has 0 unspecified atom stereocenters. The molecule has 1 saturated heterocycles. The van der Waals surface area contributed by atoms with Crippen molar-refractivity contribution in [1.29, 1.82) is 0 Å². The molecule has 20 heavy (non-hydrogen) atoms. The Kier molecular flexibility index (Phi) is 5.29. The number of alkyl halides is 2. The van der Waals surface area contributed by atoms with Crippen LogP contribution in [0.15, 0.2) is 30.3 Å². The highest BCUT2D eigenvalue weighted by molar-refractivity contribution is 5.68. The zero-order valence-electron chi connectivity index (χ0n) is 11.0. The zero-order valence-corrected chi connectivity index (χ0v) is 11.0. The maximum absolute atomic E-state index is 11.9. The summed E-state index contributed by atoms with van der Waals surface area (Å²) in [5.74, 6) is -0.0479. The number of hydrogen-bond donors (Lipinski definition) is 0. The van der Waals surface area contributed by atoms with Crippen LogP contribution in [0.1, 0.15) is 12.0 Å². The summed E-state index contributed by atoms with van der Waals surface area (Å²) >= 11 is 0. The molecule has 0 saturated carbocycles. The van der Waals surface area contributed by atoms with Crippen molar-refractivity contribution >= 4 is 6.09 Å². The molecule has 0 N–H and O–H groups in total. The minimum atomic E-state index is -2.76. The van der Waals surface area contributed by atoms with Crippen molar-refractivity contribution in [2.75, 3.05) is 19.7 Å². The highest BCUT2D eigenvalue weighted by Gasteiger charge is 2.28. The van der Waals surface area contributed by atoms with Crippen molar-refractivity contribution < 1.29 is 23.0 Å². The van der Waals surface area contributed by atoms with Gasteiger partial charge in [-0.1, -0.05) is 30.3 Å². The van der Waals surface area contributed by atoms with Crippen LogP contribution in [0.25, 0.3) is 0 Å². The predicted molar refractivity (Wildman–Crippen MR) is 68.3 cm³/mol. The van der Waals surface area contributed by atoms with Crippen LogP contribution in [0.3, 0.4) is 0 Å². The fourth-order valence-electron chi connectivity index (χ4n) is 2.15. The summed E-state index contributed by atoms with van der Waals surface area (Å²) in [6.07, 6.45) is 0.251. The number of nitrogens with zero attached hydrogens (tertiary/aromatic N) is 1. The van der Waals surface area contributed by atoms with Gasteiger partial charge in [-0.05, 0) is 12.0 Å². The Morgan fingerprint density at radius 1 is 1.35 bits per heavy atom. The van der Waals surface area contributed by atoms with Crippen LogP contribution in [0.4, 0.5) is 13.6 Å². The van der Waals surface area contributed by atoms with E-state index in [0.717, 1.165) is 5.56 Å². The second-order valence-corrected chi connectivity index (χ2v) is 4.73. The van der Waals surface area contributed by atoms with Crippen molar-refractivity contribution in [2.45, 2.75) is 19.6 Å². The molecule has 0 spiro atoms. The third kappa shape index (κ3) is 4.45. The van der Waals surface area contributed by atoms with Crippen molar-refractivity contribution in [3.8, 4) is 0 Å². The topological polar surface area (TPSA) is 38.8 Å². The van der Waals surface area contributed by atoms with Gasteiger partial charge in [0.15, 0.2) is 0 Å². The largest absolute Gasteiger partial charge is 0.445 e. The third-order valence-corrected chi connectivity index (χ3v) is 3.21. The van der Waals surface area contributed by atoms with E-state index in [0.29, 0.717) is 19.5 Å². The van der Waals surface area contributed by atoms with E-state index in [2.05, 4.69) is 4.74 Å². The van der Waals surface area contributed by atoms with E-state index in [1.165, 1.54) is 4.90 Å². The maximum Gasteiger partial charge on any atom is 0.410 e. The quantitative estimate of drug-likeness (QED) is 0.835. The van der Waals surface area contributed by atoms with E-state index in [4.69, 9.17) is 4.74 Å². The van der Waals surface area contributed by atoms with E-state index < -0.39 is 12.7 Å². The smallest absolute Gasteiger partial charge is 0.410 e. The number of benzene rings is 1. The van der Waals surface area contributed by atoms with Crippen LogP contribution in [-0.4, -0.2) is 37.3 Å². The number of hydrogen-bond acceptors (Lipinski definition) is 3. The Labute approximate surface area is 116 Å². The van der Waals surface area contributed by atoms with Crippen LogP contribution >= 0.6 is 0 Å². The fraction of sp³-hybridized carbons (Fsp3) is 0.500. The van der Waals surface area contributed by atoms with E-state index in [1.54, 1.807) is 0 Å². The molecule has 0 aliphatic carbocycles. The molecule has 1 aromatic carbocycles. The number of ether oxygens (including phenoxy) is 2. The first-order valence-electron chi connectivity index (χ1n) is 6.50. The molecule has 0 radical (unpaired) electrons. The molecule has 1 amide bonds. The SMILES string of the molecule is O=C(OCc1ccccc1)N1CC[C@H](COC(F)F)C1. The van der Waals surface area contributed by atoms with Crippen LogP contribution in [0.2, 0.25) is 0 Å². The molecule has 1 heterocycles. The average molecular weight is 285 g/mol. The van der Waals surface area contributed by atoms with Gasteiger partial charge in [-0.25, -0.2) is 4.79 Å². The summed E-state index contributed by atoms with van der Waals surface area (Å²) in [7, 11) is 0. The van der Waals surface area contributed by atoms with Gasteiger partial charge in [-0.3, -0.25) is 0 Å². The van der Waals surface area contributed by atoms with Gasteiger partial charge >= 0.3 is 12.7 Å². The lowest BCUT2D eigenvalue weighted by Crippen LogP contribution is -2.30. The monoisotopic (exact) mass is 285 g/mol. The summed E-state index contributed by atoms with van der Waals surface area (Å²) in [6.45, 7) is -1.64. The molecule has 1 aromatic rings. The van der Waals surface area contributed by atoms with Crippen molar-refractivity contribution in [3.63, 3.8) is 0 Å². The molecule has 2 rings (SSSR count). The zero-order chi connectivity index (χ0) is 14.4. The molecule has 1 aliphatic heterocycles. The van der Waals surface area contributed by atoms with Gasteiger partial charge in [-0.15, -0.1) is 0 Å². The van der Waals surface area contributed by atoms with E-state index in [1.807, 2.05) is 30.3 Å². The summed E-state index contributed by atoms with van der Waals surface area (Å²) < 4.78 is 33.3. The molecule has 6 heteroatoms. The molecule has 1 atom stereocenters. The minimum absolute atomic E-state index is 0.0276. The lowest BCUT2D eigenvalue weighted by Gasteiger charge is -2.16. The number of carbonyl (C=O) groups is 1. The first-order valence-corrected chi connectivity index (χ1v) is 6.50. The number of rotatable bonds is 5. The van der Waals surface area contributed by atoms with Gasteiger partial charge in [0.25, 0.3) is 0 Å². The van der Waals surface area contributed by atoms with E-state index >= 15 is 0 Å². The fourth-order valence-corrected chi connectivity index (χ4v) is 2.15. The van der Waals surface area contributed by atoms with Crippen molar-refractivity contribution in [3.05, 3.63) is 35.9 Å². The van der Waals surface area contributed by atoms with Crippen molar-refractivity contribution in [2.24, 2.45) is 5.92 Å². The molecule has 0 aromatic heterocycles. The Morgan fingerprint density at radius 3 is 2.80 bits per heavy atom. The summed E-state index contributed by atoms with van der Waals surface area (Å²) in [4.78, 5) is 13.3. The second-order valence-electron chi connectivity index (χ2n) is 4.73. The van der Waals surface area contributed by atoms with Crippen LogP contribution in [-0.2, 0) is 16.1 Å². The van der Waals surface area contributed by atoms with Gasteiger partial charge in [0.2, 0.25) is 0 Å². The lowest BCUT2D eigenvalue weighted by atomic mass is 10.1. The van der Waals surface area contributed by atoms with Crippen LogP contribution in [0.5, 0.6) is 0 Å². The Morgan fingerprint density at radius 2 is 2.10 bits per heavy atom. The minimum Gasteiger partial charge on any atom is -0.445 e. The summed E-state index contributed by atoms with van der Waals surface area (Å²) in [5.41, 5.74) is 0.914. The molecular formula is C14H17F2NO3. The highest BCUT2D eigenvalue weighted by Crippen LogP contribution is 2.18. The predicted octanol–water partition coefficient (Wildman–Crippen LogP) is 2.88. The van der Waals surface area contributed by atoms with Crippen LogP contribution in [0, 0.1) is 5.92 Å². The van der Waals surface area contributed by atoms with Gasteiger partial charge in [-0.2, -0.15) is 8.78 Å². The Hall–Kier alpha value is -1.69. The van der Waals surface area contributed by atoms with Gasteiger partial charge in [0.05, 0.1) is 6.61 Å². The molecule has 1 aliphatic rings. The molecule has 1 fully saturated rings. The number of halogens is 2. The summed E-state index contributed by atoms with van der Waals surface area (Å²) in [5, 5.41) is 0. The Balaban J connectivity index is 1.71. The molecular weight excluding hydrogens is 268 g/mol. The third-order valence-electron chi connectivity index (χ3n) is 3.21. The van der Waals surface area contributed by atoms with E-state index in [9.17, 15) is 13.6 Å². The van der Waals surface area contributed by atoms with Gasteiger partial charge in [0.1, 0.15) is 6.61 Å². The average Bonchev–Trinajstić information content (AvgIpc) is 2.92. The number of likely N-dealkylation sites (tertiary alicyclic amines) is 1. The van der Waals surface area contributed by atoms with Crippen LogP contribution < -0.4 is 0 Å². The maximum atomic E-state index is 11.9. The van der Waals surface area contributed by atoms with Gasteiger partial charge in [0, 0.05) is 19.0 Å². The number of carbonyl (C=O) groups excluding carboxylic acids is 1. The first kappa shape index (κ1) is 14.7. The highest BCUT2D eigenvalue weighted by atomic mass is 19.3. The van der Waals surface area contributed by atoms with Crippen molar-refractivity contribution in [1.82, 2.24) is 4.90 Å². The number of amides is 1. The molecule has 0 bridgehead atoms. The normalized spacial score (nSPS) is 18.6. The molecule has 4 nitrogen and oxygen atoms in total. The van der Waals surface area contributed by atoms with Gasteiger partial charge < -0.3 is 14.4 Å². The molecule has 110 valence electrons. The standard InChI is InChI=1S/C14H17F2NO3/c15-13(16)19-10-12-6-7-17(8-12)14(18)20-9-11-4-2-1-3-5-11/h1-5,12-13H,6-10H2/t12-/m0/s1. The summed E-state index contributed by atoms with van der Waals surface area (Å²) in [6, 6.07) is 9.37. The second kappa shape index (κ2) is 7.19. The lowest BCUT2D eigenvalue weighted by molar-refractivity contribution is -0.137. The Bertz CT molecular complexity index is 428.